The molecule has 0 unspecified atom stereocenters. The fraction of sp³-hybridized carbons (Fsp3) is 0.909. The summed E-state index contributed by atoms with van der Waals surface area (Å²) in [5, 5.41) is 0. The van der Waals surface area contributed by atoms with Crippen LogP contribution in [0.1, 0.15) is 47.5 Å². The fourth-order valence-electron chi connectivity index (χ4n) is 1.93. The molecule has 0 spiro atoms. The Kier molecular flexibility index (Phi) is 2.10. The summed E-state index contributed by atoms with van der Waals surface area (Å²) in [7, 11) is 0. The molecule has 0 radical (unpaired) electrons. The molecule has 0 saturated heterocycles. The average Bonchev–Trinajstić information content (AvgIpc) is 1.77. The lowest BCUT2D eigenvalue weighted by molar-refractivity contribution is -0.132. The maximum atomic E-state index is 11.0. The van der Waals surface area contributed by atoms with Gasteiger partial charge in [-0.25, -0.2) is 0 Å². The van der Waals surface area contributed by atoms with Crippen LogP contribution in [0.25, 0.3) is 0 Å². The van der Waals surface area contributed by atoms with Crippen molar-refractivity contribution in [3.8, 4) is 0 Å². The van der Waals surface area contributed by atoms with E-state index in [1.807, 2.05) is 0 Å². The van der Waals surface area contributed by atoms with Gasteiger partial charge in [-0.1, -0.05) is 27.7 Å². The van der Waals surface area contributed by atoms with Crippen molar-refractivity contribution in [2.24, 2.45) is 16.7 Å². The van der Waals surface area contributed by atoms with E-state index in [0.29, 0.717) is 22.5 Å². The topological polar surface area (TPSA) is 17.1 Å². The summed E-state index contributed by atoms with van der Waals surface area (Å²) < 4.78 is 0. The van der Waals surface area contributed by atoms with E-state index in [9.17, 15) is 4.79 Å². The molecule has 1 saturated carbocycles. The van der Waals surface area contributed by atoms with Crippen LogP contribution in [0.5, 0.6) is 0 Å². The van der Waals surface area contributed by atoms with Gasteiger partial charge in [0.1, 0.15) is 5.78 Å². The van der Waals surface area contributed by atoms with Gasteiger partial charge in [0, 0.05) is 5.92 Å². The molecule has 0 aromatic heterocycles. The van der Waals surface area contributed by atoms with Crippen molar-refractivity contribution >= 4 is 5.78 Å². The standard InChI is InChI=1S/C11H20O/c1-8(12)9-6-11(5,7-9)10(2,3)4/h9H,6-7H2,1-5H3. The second kappa shape index (κ2) is 2.58. The quantitative estimate of drug-likeness (QED) is 0.588. The van der Waals surface area contributed by atoms with Crippen molar-refractivity contribution in [1.82, 2.24) is 0 Å². The second-order valence-corrected chi connectivity index (χ2v) is 5.53. The molecule has 0 aromatic carbocycles. The van der Waals surface area contributed by atoms with Gasteiger partial charge in [-0.2, -0.15) is 0 Å². The van der Waals surface area contributed by atoms with Crippen molar-refractivity contribution < 1.29 is 4.79 Å². The van der Waals surface area contributed by atoms with E-state index in [0.717, 1.165) is 12.8 Å². The summed E-state index contributed by atoms with van der Waals surface area (Å²) in [5.74, 6) is 0.728. The molecule has 1 heteroatoms. The van der Waals surface area contributed by atoms with E-state index in [1.165, 1.54) is 0 Å². The van der Waals surface area contributed by atoms with Gasteiger partial charge in [0.2, 0.25) is 0 Å². The summed E-state index contributed by atoms with van der Waals surface area (Å²) in [6, 6.07) is 0. The SMILES string of the molecule is CC(=O)C1CC(C)(C(C)(C)C)C1. The predicted molar refractivity (Wildman–Crippen MR) is 51.0 cm³/mol. The number of rotatable bonds is 1. The Morgan fingerprint density at radius 1 is 1.33 bits per heavy atom. The minimum atomic E-state index is 0.346. The summed E-state index contributed by atoms with van der Waals surface area (Å²) >= 11 is 0. The van der Waals surface area contributed by atoms with Gasteiger partial charge in [-0.3, -0.25) is 4.79 Å². The maximum absolute atomic E-state index is 11.0. The lowest BCUT2D eigenvalue weighted by Crippen LogP contribution is -2.46. The van der Waals surface area contributed by atoms with Crippen LogP contribution in [-0.4, -0.2) is 5.78 Å². The molecule has 0 N–H and O–H groups in total. The first-order valence-electron chi connectivity index (χ1n) is 4.77. The molecule has 0 atom stereocenters. The number of hydrogen-bond acceptors (Lipinski definition) is 1. The van der Waals surface area contributed by atoms with Crippen LogP contribution in [0.15, 0.2) is 0 Å². The number of ketones is 1. The van der Waals surface area contributed by atoms with Crippen LogP contribution in [0.2, 0.25) is 0 Å². The first-order chi connectivity index (χ1) is 5.26. The molecule has 70 valence electrons. The summed E-state index contributed by atoms with van der Waals surface area (Å²) in [6.45, 7) is 10.8. The molecule has 1 aliphatic carbocycles. The first kappa shape index (κ1) is 9.76. The molecule has 1 rings (SSSR count). The molecule has 1 nitrogen and oxygen atoms in total. The fourth-order valence-corrected chi connectivity index (χ4v) is 1.93. The lowest BCUT2D eigenvalue weighted by Gasteiger charge is -2.53. The van der Waals surface area contributed by atoms with Gasteiger partial charge in [0.25, 0.3) is 0 Å². The molecule has 12 heavy (non-hydrogen) atoms. The summed E-state index contributed by atoms with van der Waals surface area (Å²) in [6.07, 6.45) is 2.18. The van der Waals surface area contributed by atoms with Gasteiger partial charge in [-0.15, -0.1) is 0 Å². The zero-order valence-corrected chi connectivity index (χ0v) is 8.90. The number of carbonyl (C=O) groups is 1. The van der Waals surface area contributed by atoms with Crippen molar-refractivity contribution in [3.63, 3.8) is 0 Å². The van der Waals surface area contributed by atoms with Gasteiger partial charge in [-0.05, 0) is 30.6 Å². The van der Waals surface area contributed by atoms with E-state index in [4.69, 9.17) is 0 Å². The molecular formula is C11H20O. The van der Waals surface area contributed by atoms with Crippen LogP contribution >= 0.6 is 0 Å². The van der Waals surface area contributed by atoms with Gasteiger partial charge < -0.3 is 0 Å². The van der Waals surface area contributed by atoms with Crippen molar-refractivity contribution in [3.05, 3.63) is 0 Å². The monoisotopic (exact) mass is 168 g/mol. The summed E-state index contributed by atoms with van der Waals surface area (Å²) in [5.41, 5.74) is 0.738. The summed E-state index contributed by atoms with van der Waals surface area (Å²) in [4.78, 5) is 11.0. The van der Waals surface area contributed by atoms with Gasteiger partial charge in [0.15, 0.2) is 0 Å². The third-order valence-electron chi connectivity index (χ3n) is 3.78. The average molecular weight is 168 g/mol. The molecule has 0 aromatic rings. The highest BCUT2D eigenvalue weighted by Crippen LogP contribution is 2.56. The van der Waals surface area contributed by atoms with Gasteiger partial charge >= 0.3 is 0 Å². The van der Waals surface area contributed by atoms with Crippen LogP contribution in [0.3, 0.4) is 0 Å². The molecule has 0 heterocycles. The highest BCUT2D eigenvalue weighted by atomic mass is 16.1. The Morgan fingerprint density at radius 2 is 1.75 bits per heavy atom. The van der Waals surface area contributed by atoms with Crippen molar-refractivity contribution in [2.45, 2.75) is 47.5 Å². The number of hydrogen-bond donors (Lipinski definition) is 0. The Hall–Kier alpha value is -0.330. The highest BCUT2D eigenvalue weighted by molar-refractivity contribution is 5.79. The van der Waals surface area contributed by atoms with Crippen LogP contribution < -0.4 is 0 Å². The smallest absolute Gasteiger partial charge is 0.132 e. The second-order valence-electron chi connectivity index (χ2n) is 5.53. The van der Waals surface area contributed by atoms with Crippen molar-refractivity contribution in [1.29, 1.82) is 0 Å². The molecule has 0 aliphatic heterocycles. The maximum Gasteiger partial charge on any atom is 0.132 e. The zero-order chi connectivity index (χ0) is 9.57. The zero-order valence-electron chi connectivity index (χ0n) is 8.90. The lowest BCUT2D eigenvalue weighted by atomic mass is 9.51. The highest BCUT2D eigenvalue weighted by Gasteiger charge is 2.49. The Bertz CT molecular complexity index is 192. The number of carbonyl (C=O) groups excluding carboxylic acids is 1. The van der Waals surface area contributed by atoms with E-state index in [2.05, 4.69) is 27.7 Å². The van der Waals surface area contributed by atoms with Crippen LogP contribution in [0, 0.1) is 16.7 Å². The minimum absolute atomic E-state index is 0.346. The van der Waals surface area contributed by atoms with Crippen LogP contribution in [0.4, 0.5) is 0 Å². The third kappa shape index (κ3) is 1.41. The first-order valence-corrected chi connectivity index (χ1v) is 4.77. The van der Waals surface area contributed by atoms with E-state index < -0.39 is 0 Å². The molecule has 1 aliphatic rings. The van der Waals surface area contributed by atoms with E-state index in [1.54, 1.807) is 6.92 Å². The third-order valence-corrected chi connectivity index (χ3v) is 3.78. The minimum Gasteiger partial charge on any atom is -0.300 e. The van der Waals surface area contributed by atoms with E-state index in [-0.39, 0.29) is 0 Å². The van der Waals surface area contributed by atoms with Crippen LogP contribution in [-0.2, 0) is 4.79 Å². The van der Waals surface area contributed by atoms with Crippen molar-refractivity contribution in [2.75, 3.05) is 0 Å². The molecular weight excluding hydrogens is 148 g/mol. The predicted octanol–water partition coefficient (Wildman–Crippen LogP) is 3.04. The molecule has 0 amide bonds. The number of Topliss-reactive ketones (excluding diaryl/α,β-unsaturated/α-hetero) is 1. The Labute approximate surface area is 75.5 Å². The molecule has 1 fully saturated rings. The Balaban J connectivity index is 2.57. The van der Waals surface area contributed by atoms with Gasteiger partial charge in [0.05, 0.1) is 0 Å². The Morgan fingerprint density at radius 3 is 2.00 bits per heavy atom. The largest absolute Gasteiger partial charge is 0.300 e. The molecule has 0 bridgehead atoms. The normalized spacial score (nSPS) is 35.9. The van der Waals surface area contributed by atoms with E-state index >= 15 is 0 Å².